The quantitative estimate of drug-likeness (QED) is 0.732. The minimum atomic E-state index is 0.371. The molecule has 0 bridgehead atoms. The van der Waals surface area contributed by atoms with Crippen molar-refractivity contribution in [1.29, 1.82) is 0 Å². The number of benzene rings is 1. The van der Waals surface area contributed by atoms with Crippen molar-refractivity contribution < 1.29 is 0 Å². The van der Waals surface area contributed by atoms with Gasteiger partial charge in [-0.3, -0.25) is 0 Å². The zero-order valence-corrected chi connectivity index (χ0v) is 12.8. The van der Waals surface area contributed by atoms with Crippen LogP contribution in [0.4, 0.5) is 5.95 Å². The number of nitrogen functional groups attached to an aromatic ring is 1. The molecule has 4 nitrogen and oxygen atoms in total. The lowest BCUT2D eigenvalue weighted by molar-refractivity contribution is 0.906. The predicted octanol–water partition coefficient (Wildman–Crippen LogP) is 3.84. The highest BCUT2D eigenvalue weighted by Gasteiger charge is 2.08. The zero-order chi connectivity index (χ0) is 13.9. The van der Waals surface area contributed by atoms with Crippen LogP contribution >= 0.6 is 27.3 Å². The second kappa shape index (κ2) is 5.60. The molecular formula is C14H11BrN4S. The number of rotatable bonds is 3. The van der Waals surface area contributed by atoms with Crippen LogP contribution in [0.5, 0.6) is 0 Å². The van der Waals surface area contributed by atoms with Crippen LogP contribution in [-0.2, 0) is 0 Å². The van der Waals surface area contributed by atoms with E-state index in [1.165, 1.54) is 0 Å². The van der Waals surface area contributed by atoms with Crippen LogP contribution in [0.1, 0.15) is 4.88 Å². The van der Waals surface area contributed by atoms with Gasteiger partial charge in [0, 0.05) is 14.9 Å². The molecule has 0 radical (unpaired) electrons. The number of nitrogens with zero attached hydrogens (tertiary/aromatic N) is 3. The van der Waals surface area contributed by atoms with Gasteiger partial charge in [-0.15, -0.1) is 11.3 Å². The molecule has 100 valence electrons. The summed E-state index contributed by atoms with van der Waals surface area (Å²) in [5.74, 6) is 0.371. The Kier molecular flexibility index (Phi) is 3.66. The van der Waals surface area contributed by atoms with Gasteiger partial charge in [0.1, 0.15) is 0 Å². The summed E-state index contributed by atoms with van der Waals surface area (Å²) in [4.78, 5) is 5.20. The smallest absolute Gasteiger partial charge is 0.221 e. The van der Waals surface area contributed by atoms with Gasteiger partial charge in [0.05, 0.1) is 18.1 Å². The van der Waals surface area contributed by atoms with Crippen LogP contribution in [0, 0.1) is 0 Å². The van der Waals surface area contributed by atoms with Gasteiger partial charge < -0.3 is 5.73 Å². The topological polar surface area (TPSA) is 56.2 Å². The summed E-state index contributed by atoms with van der Waals surface area (Å²) in [5.41, 5.74) is 7.76. The molecule has 0 unspecified atom stereocenters. The Hall–Kier alpha value is -1.92. The van der Waals surface area contributed by atoms with Crippen molar-refractivity contribution in [2.24, 2.45) is 5.10 Å². The van der Waals surface area contributed by atoms with E-state index in [9.17, 15) is 0 Å². The Bertz CT molecular complexity index is 729. The largest absolute Gasteiger partial charge is 0.368 e. The van der Waals surface area contributed by atoms with Crippen molar-refractivity contribution in [3.8, 4) is 11.3 Å². The molecule has 3 rings (SSSR count). The van der Waals surface area contributed by atoms with Gasteiger partial charge in [0.2, 0.25) is 5.95 Å². The molecule has 0 atom stereocenters. The maximum atomic E-state index is 5.88. The molecule has 0 spiro atoms. The lowest BCUT2D eigenvalue weighted by atomic mass is 10.2. The fourth-order valence-corrected chi connectivity index (χ4v) is 2.62. The van der Waals surface area contributed by atoms with Crippen LogP contribution in [-0.4, -0.2) is 15.9 Å². The molecule has 6 heteroatoms. The molecule has 2 N–H and O–H groups in total. The van der Waals surface area contributed by atoms with Gasteiger partial charge in [-0.2, -0.15) is 9.78 Å². The number of hydrogen-bond donors (Lipinski definition) is 1. The number of aromatic nitrogens is 2. The Morgan fingerprint density at radius 3 is 2.75 bits per heavy atom. The highest BCUT2D eigenvalue weighted by Crippen LogP contribution is 2.23. The minimum absolute atomic E-state index is 0.371. The van der Waals surface area contributed by atoms with Crippen molar-refractivity contribution in [2.75, 3.05) is 5.73 Å². The molecule has 0 aliphatic rings. The first-order chi connectivity index (χ1) is 9.74. The Balaban J connectivity index is 1.99. The van der Waals surface area contributed by atoms with Crippen LogP contribution in [0.2, 0.25) is 0 Å². The third kappa shape index (κ3) is 2.66. The lowest BCUT2D eigenvalue weighted by Gasteiger charge is -2.03. The number of anilines is 1. The first-order valence-corrected chi connectivity index (χ1v) is 7.58. The van der Waals surface area contributed by atoms with Gasteiger partial charge in [-0.05, 0) is 23.6 Å². The van der Waals surface area contributed by atoms with Crippen LogP contribution in [0.15, 0.2) is 57.5 Å². The summed E-state index contributed by atoms with van der Waals surface area (Å²) in [7, 11) is 0. The molecule has 2 heterocycles. The third-order valence-corrected chi connectivity index (χ3v) is 4.08. The predicted molar refractivity (Wildman–Crippen MR) is 87.1 cm³/mol. The Morgan fingerprint density at radius 1 is 1.25 bits per heavy atom. The van der Waals surface area contributed by atoms with Crippen LogP contribution < -0.4 is 5.73 Å². The second-order valence-corrected chi connectivity index (χ2v) is 5.98. The highest BCUT2D eigenvalue weighted by atomic mass is 79.9. The van der Waals surface area contributed by atoms with E-state index in [1.807, 2.05) is 41.8 Å². The normalized spacial score (nSPS) is 11.2. The first-order valence-electron chi connectivity index (χ1n) is 5.91. The van der Waals surface area contributed by atoms with E-state index < -0.39 is 0 Å². The molecule has 0 aliphatic carbocycles. The Labute approximate surface area is 128 Å². The van der Waals surface area contributed by atoms with Crippen molar-refractivity contribution in [3.63, 3.8) is 0 Å². The summed E-state index contributed by atoms with van der Waals surface area (Å²) in [5, 5.41) is 6.42. The summed E-state index contributed by atoms with van der Waals surface area (Å²) in [6.07, 6.45) is 3.51. The van der Waals surface area contributed by atoms with Crippen LogP contribution in [0.25, 0.3) is 11.3 Å². The SMILES string of the molecule is Nc1ncc(-c2ccc(Br)cc2)n1N=Cc1cccs1. The van der Waals surface area contributed by atoms with Gasteiger partial charge in [0.15, 0.2) is 0 Å². The fourth-order valence-electron chi connectivity index (χ4n) is 1.78. The van der Waals surface area contributed by atoms with Crippen molar-refractivity contribution in [2.45, 2.75) is 0 Å². The van der Waals surface area contributed by atoms with Gasteiger partial charge >= 0.3 is 0 Å². The molecule has 1 aromatic carbocycles. The van der Waals surface area contributed by atoms with E-state index >= 15 is 0 Å². The second-order valence-electron chi connectivity index (χ2n) is 4.08. The number of thiophene rings is 1. The van der Waals surface area contributed by atoms with E-state index in [4.69, 9.17) is 5.73 Å². The number of imidazole rings is 1. The molecule has 3 aromatic rings. The average Bonchev–Trinajstić information content (AvgIpc) is 3.07. The summed E-state index contributed by atoms with van der Waals surface area (Å²) in [6, 6.07) is 11.9. The molecule has 0 saturated heterocycles. The summed E-state index contributed by atoms with van der Waals surface area (Å²) in [6.45, 7) is 0. The maximum Gasteiger partial charge on any atom is 0.221 e. The number of nitrogens with two attached hydrogens (primary N) is 1. The standard InChI is InChI=1S/C14H11BrN4S/c15-11-5-3-10(4-6-11)13-9-17-14(16)19(13)18-8-12-2-1-7-20-12/h1-9H,(H2,16,17). The van der Waals surface area contributed by atoms with E-state index in [0.29, 0.717) is 5.95 Å². The van der Waals surface area contributed by atoms with Crippen molar-refractivity contribution in [1.82, 2.24) is 9.66 Å². The molecule has 0 aliphatic heterocycles. The van der Waals surface area contributed by atoms with Crippen molar-refractivity contribution >= 4 is 39.4 Å². The third-order valence-electron chi connectivity index (χ3n) is 2.75. The first kappa shape index (κ1) is 13.1. The van der Waals surface area contributed by atoms with Crippen molar-refractivity contribution in [3.05, 3.63) is 57.3 Å². The zero-order valence-electron chi connectivity index (χ0n) is 10.4. The van der Waals surface area contributed by atoms with Gasteiger partial charge in [-0.25, -0.2) is 4.98 Å². The lowest BCUT2D eigenvalue weighted by Crippen LogP contribution is -1.99. The summed E-state index contributed by atoms with van der Waals surface area (Å²) < 4.78 is 2.67. The number of halogens is 1. The minimum Gasteiger partial charge on any atom is -0.368 e. The van der Waals surface area contributed by atoms with E-state index in [1.54, 1.807) is 28.4 Å². The molecular weight excluding hydrogens is 336 g/mol. The van der Waals surface area contributed by atoms with E-state index in [0.717, 1.165) is 20.6 Å². The van der Waals surface area contributed by atoms with E-state index in [-0.39, 0.29) is 0 Å². The molecule has 0 fully saturated rings. The molecule has 0 saturated carbocycles. The van der Waals surface area contributed by atoms with Gasteiger partial charge in [0.25, 0.3) is 0 Å². The molecule has 20 heavy (non-hydrogen) atoms. The molecule has 0 amide bonds. The molecule has 2 aromatic heterocycles. The van der Waals surface area contributed by atoms with Crippen LogP contribution in [0.3, 0.4) is 0 Å². The Morgan fingerprint density at radius 2 is 2.05 bits per heavy atom. The summed E-state index contributed by atoms with van der Waals surface area (Å²) >= 11 is 5.05. The number of hydrogen-bond acceptors (Lipinski definition) is 4. The average molecular weight is 347 g/mol. The monoisotopic (exact) mass is 346 g/mol. The van der Waals surface area contributed by atoms with E-state index in [2.05, 4.69) is 26.0 Å². The fraction of sp³-hybridized carbons (Fsp3) is 0. The maximum absolute atomic E-state index is 5.88. The van der Waals surface area contributed by atoms with Gasteiger partial charge in [-0.1, -0.05) is 34.1 Å². The highest BCUT2D eigenvalue weighted by molar-refractivity contribution is 9.10.